The Bertz CT molecular complexity index is 1230. The lowest BCUT2D eigenvalue weighted by Crippen LogP contribution is -2.22. The van der Waals surface area contributed by atoms with Gasteiger partial charge in [-0.1, -0.05) is 24.3 Å². The van der Waals surface area contributed by atoms with E-state index in [0.717, 1.165) is 40.7 Å². The van der Waals surface area contributed by atoms with E-state index >= 15 is 0 Å². The molecule has 1 aliphatic carbocycles. The van der Waals surface area contributed by atoms with Crippen molar-refractivity contribution in [2.45, 2.75) is 38.3 Å². The van der Waals surface area contributed by atoms with Gasteiger partial charge in [-0.2, -0.15) is 0 Å². The lowest BCUT2D eigenvalue weighted by Gasteiger charge is -2.17. The molecule has 4 aromatic rings. The molecular weight excluding hydrogens is 392 g/mol. The molecule has 1 saturated carbocycles. The van der Waals surface area contributed by atoms with E-state index in [1.54, 1.807) is 17.9 Å². The molecular formula is C25H24N2O4. The Morgan fingerprint density at radius 1 is 1.06 bits per heavy atom. The SMILES string of the molecule is COc1ccc(-c2cnc(=O)n(Cc3cc4ccccc4o3)c2)cc1OC1CCCC1. The predicted octanol–water partition coefficient (Wildman–Crippen LogP) is 5.03. The third kappa shape index (κ3) is 4.06. The van der Waals surface area contributed by atoms with E-state index in [1.807, 2.05) is 54.7 Å². The van der Waals surface area contributed by atoms with Crippen molar-refractivity contribution in [3.63, 3.8) is 0 Å². The Morgan fingerprint density at radius 2 is 1.90 bits per heavy atom. The fourth-order valence-corrected chi connectivity index (χ4v) is 4.13. The van der Waals surface area contributed by atoms with Crippen molar-refractivity contribution in [1.29, 1.82) is 0 Å². The summed E-state index contributed by atoms with van der Waals surface area (Å²) >= 11 is 0. The zero-order chi connectivity index (χ0) is 21.2. The summed E-state index contributed by atoms with van der Waals surface area (Å²) in [6.45, 7) is 0.315. The molecule has 31 heavy (non-hydrogen) atoms. The number of aromatic nitrogens is 2. The van der Waals surface area contributed by atoms with Crippen molar-refractivity contribution in [2.75, 3.05) is 7.11 Å². The largest absolute Gasteiger partial charge is 0.493 e. The van der Waals surface area contributed by atoms with E-state index < -0.39 is 0 Å². The van der Waals surface area contributed by atoms with Gasteiger partial charge in [-0.05, 0) is 55.5 Å². The van der Waals surface area contributed by atoms with Crippen LogP contribution in [-0.2, 0) is 6.54 Å². The summed E-state index contributed by atoms with van der Waals surface area (Å²) in [6.07, 6.45) is 8.16. The van der Waals surface area contributed by atoms with Crippen molar-refractivity contribution >= 4 is 11.0 Å². The number of nitrogens with zero attached hydrogens (tertiary/aromatic N) is 2. The second-order valence-corrected chi connectivity index (χ2v) is 7.89. The van der Waals surface area contributed by atoms with Crippen LogP contribution in [0, 0.1) is 0 Å². The standard InChI is InChI=1S/C25H24N2O4/c1-29-23-11-10-17(13-24(23)30-20-7-3-4-8-20)19-14-26-25(28)27(15-19)16-21-12-18-6-2-5-9-22(18)31-21/h2,5-6,9-15,20H,3-4,7-8,16H2,1H3. The average Bonchev–Trinajstić information content (AvgIpc) is 3.44. The van der Waals surface area contributed by atoms with Crippen molar-refractivity contribution in [3.8, 4) is 22.6 Å². The van der Waals surface area contributed by atoms with Gasteiger partial charge >= 0.3 is 5.69 Å². The van der Waals surface area contributed by atoms with E-state index in [9.17, 15) is 4.79 Å². The second kappa shape index (κ2) is 8.30. The highest BCUT2D eigenvalue weighted by atomic mass is 16.5. The number of hydrogen-bond acceptors (Lipinski definition) is 5. The molecule has 2 aromatic carbocycles. The summed E-state index contributed by atoms with van der Waals surface area (Å²) in [5.41, 5.74) is 2.23. The molecule has 0 radical (unpaired) electrons. The number of furan rings is 1. The Balaban J connectivity index is 1.45. The molecule has 2 heterocycles. The number of methoxy groups -OCH3 is 1. The van der Waals surface area contributed by atoms with Crippen molar-refractivity contribution in [2.24, 2.45) is 0 Å². The Hall–Kier alpha value is -3.54. The van der Waals surface area contributed by atoms with Gasteiger partial charge in [0, 0.05) is 23.3 Å². The zero-order valence-electron chi connectivity index (χ0n) is 17.4. The normalized spacial score (nSPS) is 14.2. The molecule has 0 N–H and O–H groups in total. The molecule has 6 nitrogen and oxygen atoms in total. The van der Waals surface area contributed by atoms with Crippen LogP contribution in [0.25, 0.3) is 22.1 Å². The Kier molecular flexibility index (Phi) is 5.20. The molecule has 5 rings (SSSR count). The first kappa shape index (κ1) is 19.4. The molecule has 2 aromatic heterocycles. The summed E-state index contributed by atoms with van der Waals surface area (Å²) in [6, 6.07) is 15.6. The van der Waals surface area contributed by atoms with E-state index in [4.69, 9.17) is 13.9 Å². The van der Waals surface area contributed by atoms with Crippen LogP contribution in [-0.4, -0.2) is 22.8 Å². The molecule has 0 saturated heterocycles. The first-order valence-corrected chi connectivity index (χ1v) is 10.6. The summed E-state index contributed by atoms with van der Waals surface area (Å²) in [5.74, 6) is 2.14. The highest BCUT2D eigenvalue weighted by Gasteiger charge is 2.19. The zero-order valence-corrected chi connectivity index (χ0v) is 17.4. The third-order valence-electron chi connectivity index (χ3n) is 5.75. The van der Waals surface area contributed by atoms with Gasteiger partial charge in [-0.15, -0.1) is 0 Å². The maximum atomic E-state index is 12.4. The van der Waals surface area contributed by atoms with E-state index in [0.29, 0.717) is 18.1 Å². The van der Waals surface area contributed by atoms with Crippen molar-refractivity contribution < 1.29 is 13.9 Å². The summed E-state index contributed by atoms with van der Waals surface area (Å²) < 4.78 is 19.1. The molecule has 0 atom stereocenters. The minimum Gasteiger partial charge on any atom is -0.493 e. The molecule has 0 spiro atoms. The van der Waals surface area contributed by atoms with Crippen LogP contribution < -0.4 is 15.2 Å². The van der Waals surface area contributed by atoms with E-state index in [2.05, 4.69) is 4.98 Å². The topological polar surface area (TPSA) is 66.5 Å². The molecule has 0 bridgehead atoms. The van der Waals surface area contributed by atoms with Gasteiger partial charge in [0.05, 0.1) is 19.8 Å². The van der Waals surface area contributed by atoms with Crippen LogP contribution in [0.15, 0.2) is 70.1 Å². The number of ether oxygens (including phenoxy) is 2. The first-order valence-electron chi connectivity index (χ1n) is 10.6. The van der Waals surface area contributed by atoms with Gasteiger partial charge in [-0.3, -0.25) is 4.57 Å². The second-order valence-electron chi connectivity index (χ2n) is 7.89. The van der Waals surface area contributed by atoms with Crippen molar-refractivity contribution in [1.82, 2.24) is 9.55 Å². The van der Waals surface area contributed by atoms with Crippen LogP contribution in [0.1, 0.15) is 31.4 Å². The first-order chi connectivity index (χ1) is 15.2. The van der Waals surface area contributed by atoms with Crippen LogP contribution in [0.2, 0.25) is 0 Å². The monoisotopic (exact) mass is 416 g/mol. The van der Waals surface area contributed by atoms with Crippen LogP contribution in [0.5, 0.6) is 11.5 Å². The Morgan fingerprint density at radius 3 is 2.71 bits per heavy atom. The number of benzene rings is 2. The van der Waals surface area contributed by atoms with E-state index in [-0.39, 0.29) is 11.8 Å². The molecule has 158 valence electrons. The fourth-order valence-electron chi connectivity index (χ4n) is 4.13. The summed E-state index contributed by atoms with van der Waals surface area (Å²) in [7, 11) is 1.64. The highest BCUT2D eigenvalue weighted by Crippen LogP contribution is 2.35. The van der Waals surface area contributed by atoms with Crippen LogP contribution >= 0.6 is 0 Å². The molecule has 1 fully saturated rings. The van der Waals surface area contributed by atoms with Gasteiger partial charge < -0.3 is 13.9 Å². The quantitative estimate of drug-likeness (QED) is 0.441. The van der Waals surface area contributed by atoms with Gasteiger partial charge in [0.2, 0.25) is 0 Å². The number of fused-ring (bicyclic) bond motifs is 1. The fraction of sp³-hybridized carbons (Fsp3) is 0.280. The van der Waals surface area contributed by atoms with Gasteiger partial charge in [0.1, 0.15) is 11.3 Å². The third-order valence-corrected chi connectivity index (χ3v) is 5.75. The van der Waals surface area contributed by atoms with Crippen LogP contribution in [0.3, 0.4) is 0 Å². The molecule has 1 aliphatic rings. The molecule has 0 unspecified atom stereocenters. The number of hydrogen-bond donors (Lipinski definition) is 0. The minimum absolute atomic E-state index is 0.226. The van der Waals surface area contributed by atoms with Gasteiger partial charge in [0.15, 0.2) is 11.5 Å². The maximum absolute atomic E-state index is 12.4. The van der Waals surface area contributed by atoms with Gasteiger partial charge in [0.25, 0.3) is 0 Å². The van der Waals surface area contributed by atoms with E-state index in [1.165, 1.54) is 12.8 Å². The van der Waals surface area contributed by atoms with Gasteiger partial charge in [-0.25, -0.2) is 9.78 Å². The lowest BCUT2D eigenvalue weighted by atomic mass is 10.1. The lowest BCUT2D eigenvalue weighted by molar-refractivity contribution is 0.201. The molecule has 0 amide bonds. The minimum atomic E-state index is -0.319. The highest BCUT2D eigenvalue weighted by molar-refractivity contribution is 5.77. The average molecular weight is 416 g/mol. The molecule has 0 aliphatic heterocycles. The Labute approximate surface area is 180 Å². The smallest absolute Gasteiger partial charge is 0.347 e. The number of para-hydroxylation sites is 1. The number of rotatable bonds is 6. The van der Waals surface area contributed by atoms with Crippen LogP contribution in [0.4, 0.5) is 0 Å². The summed E-state index contributed by atoms with van der Waals surface area (Å²) in [5, 5.41) is 1.01. The maximum Gasteiger partial charge on any atom is 0.347 e. The predicted molar refractivity (Wildman–Crippen MR) is 119 cm³/mol. The molecule has 6 heteroatoms. The van der Waals surface area contributed by atoms with Crippen molar-refractivity contribution in [3.05, 3.63) is 77.2 Å². The summed E-state index contributed by atoms with van der Waals surface area (Å²) in [4.78, 5) is 16.5.